The number of carbonyl (C=O) groups excluding carboxylic acids is 1. The van der Waals surface area contributed by atoms with Crippen molar-refractivity contribution in [2.24, 2.45) is 0 Å². The first-order valence-electron chi connectivity index (χ1n) is 9.86. The van der Waals surface area contributed by atoms with Crippen molar-refractivity contribution < 1.29 is 4.79 Å². The lowest BCUT2D eigenvalue weighted by molar-refractivity contribution is 0.0741. The largest absolute Gasteiger partial charge is 0.368 e. The van der Waals surface area contributed by atoms with Gasteiger partial charge >= 0.3 is 0 Å². The highest BCUT2D eigenvalue weighted by atomic mass is 35.5. The third-order valence-electron chi connectivity index (χ3n) is 5.69. The number of aromatic nitrogens is 2. The molecule has 1 aliphatic rings. The summed E-state index contributed by atoms with van der Waals surface area (Å²) in [5.74, 6) is -0.00458. The van der Waals surface area contributed by atoms with Crippen molar-refractivity contribution in [3.8, 4) is 11.3 Å². The molecule has 150 valence electrons. The summed E-state index contributed by atoms with van der Waals surface area (Å²) >= 11 is 6.16. The smallest absolute Gasteiger partial charge is 0.272 e. The maximum atomic E-state index is 12.9. The summed E-state index contributed by atoms with van der Waals surface area (Å²) in [7, 11) is 0. The summed E-state index contributed by atoms with van der Waals surface area (Å²) in [5, 5.41) is 8.02. The SMILES string of the molecule is Cc1ccc(-c2cc(C(=O)N3CCN(c4cc(Cl)ccc4C)CC3)[nH]n2)cc1C. The van der Waals surface area contributed by atoms with Crippen molar-refractivity contribution >= 4 is 23.2 Å². The molecule has 4 rings (SSSR count). The molecule has 0 aliphatic carbocycles. The average Bonchev–Trinajstić information content (AvgIpc) is 3.22. The van der Waals surface area contributed by atoms with E-state index in [4.69, 9.17) is 11.6 Å². The Hall–Kier alpha value is -2.79. The van der Waals surface area contributed by atoms with E-state index in [1.165, 1.54) is 16.7 Å². The average molecular weight is 409 g/mol. The van der Waals surface area contributed by atoms with Crippen molar-refractivity contribution in [2.75, 3.05) is 31.1 Å². The van der Waals surface area contributed by atoms with Crippen LogP contribution in [0.5, 0.6) is 0 Å². The molecular weight excluding hydrogens is 384 g/mol. The second kappa shape index (κ2) is 7.91. The van der Waals surface area contributed by atoms with E-state index in [0.717, 1.165) is 35.1 Å². The number of aromatic amines is 1. The third-order valence-corrected chi connectivity index (χ3v) is 5.92. The normalized spacial score (nSPS) is 14.3. The third kappa shape index (κ3) is 4.01. The minimum Gasteiger partial charge on any atom is -0.368 e. The van der Waals surface area contributed by atoms with E-state index >= 15 is 0 Å². The maximum absolute atomic E-state index is 12.9. The quantitative estimate of drug-likeness (QED) is 0.688. The number of amides is 1. The molecule has 1 amide bonds. The van der Waals surface area contributed by atoms with E-state index in [1.54, 1.807) is 0 Å². The molecule has 6 heteroatoms. The first-order chi connectivity index (χ1) is 13.9. The summed E-state index contributed by atoms with van der Waals surface area (Å²) < 4.78 is 0. The molecule has 1 aliphatic heterocycles. The highest BCUT2D eigenvalue weighted by molar-refractivity contribution is 6.30. The van der Waals surface area contributed by atoms with Crippen molar-refractivity contribution in [2.45, 2.75) is 20.8 Å². The van der Waals surface area contributed by atoms with Gasteiger partial charge in [-0.3, -0.25) is 9.89 Å². The van der Waals surface area contributed by atoms with Gasteiger partial charge in [0.1, 0.15) is 5.69 Å². The van der Waals surface area contributed by atoms with E-state index in [-0.39, 0.29) is 5.91 Å². The van der Waals surface area contributed by atoms with E-state index in [2.05, 4.69) is 48.0 Å². The van der Waals surface area contributed by atoms with Crippen LogP contribution < -0.4 is 4.90 Å². The topological polar surface area (TPSA) is 52.2 Å². The fourth-order valence-corrected chi connectivity index (χ4v) is 3.89. The van der Waals surface area contributed by atoms with Gasteiger partial charge in [-0.15, -0.1) is 0 Å². The molecule has 1 aromatic heterocycles. The highest BCUT2D eigenvalue weighted by Gasteiger charge is 2.24. The Morgan fingerprint density at radius 2 is 1.66 bits per heavy atom. The molecule has 0 spiro atoms. The van der Waals surface area contributed by atoms with Crippen LogP contribution >= 0.6 is 11.6 Å². The van der Waals surface area contributed by atoms with Crippen molar-refractivity contribution in [1.29, 1.82) is 0 Å². The second-order valence-electron chi connectivity index (χ2n) is 7.68. The van der Waals surface area contributed by atoms with Crippen LogP contribution in [0, 0.1) is 20.8 Å². The summed E-state index contributed by atoms with van der Waals surface area (Å²) in [4.78, 5) is 17.1. The minimum atomic E-state index is -0.00458. The molecule has 2 heterocycles. The molecule has 0 radical (unpaired) electrons. The van der Waals surface area contributed by atoms with E-state index in [9.17, 15) is 4.79 Å². The zero-order chi connectivity index (χ0) is 20.5. The Morgan fingerprint density at radius 1 is 0.931 bits per heavy atom. The maximum Gasteiger partial charge on any atom is 0.272 e. The lowest BCUT2D eigenvalue weighted by Crippen LogP contribution is -2.49. The zero-order valence-electron chi connectivity index (χ0n) is 17.0. The Labute approximate surface area is 176 Å². The minimum absolute atomic E-state index is 0.00458. The number of hydrogen-bond donors (Lipinski definition) is 1. The van der Waals surface area contributed by atoms with Crippen LogP contribution in [-0.4, -0.2) is 47.2 Å². The van der Waals surface area contributed by atoms with Crippen molar-refractivity contribution in [3.05, 3.63) is 69.9 Å². The molecule has 0 unspecified atom stereocenters. The first-order valence-corrected chi connectivity index (χ1v) is 10.2. The van der Waals surface area contributed by atoms with Crippen molar-refractivity contribution in [3.63, 3.8) is 0 Å². The van der Waals surface area contributed by atoms with Gasteiger partial charge in [0, 0.05) is 42.5 Å². The molecule has 1 fully saturated rings. The molecule has 1 saturated heterocycles. The number of aryl methyl sites for hydroxylation is 3. The molecule has 0 atom stereocenters. The first kappa shape index (κ1) is 19.5. The molecule has 0 saturated carbocycles. The second-order valence-corrected chi connectivity index (χ2v) is 8.11. The van der Waals surface area contributed by atoms with Gasteiger partial charge in [-0.25, -0.2) is 0 Å². The number of carbonyl (C=O) groups is 1. The predicted molar refractivity (Wildman–Crippen MR) is 118 cm³/mol. The van der Waals surface area contributed by atoms with Gasteiger partial charge in [0.2, 0.25) is 0 Å². The van der Waals surface area contributed by atoms with Crippen molar-refractivity contribution in [1.82, 2.24) is 15.1 Å². The van der Waals surface area contributed by atoms with Gasteiger partial charge < -0.3 is 9.80 Å². The van der Waals surface area contributed by atoms with E-state index in [1.807, 2.05) is 35.2 Å². The van der Waals surface area contributed by atoms with Gasteiger partial charge in [-0.05, 0) is 61.7 Å². The zero-order valence-corrected chi connectivity index (χ0v) is 17.8. The van der Waals surface area contributed by atoms with E-state index in [0.29, 0.717) is 18.8 Å². The number of hydrogen-bond acceptors (Lipinski definition) is 3. The molecule has 2 aromatic carbocycles. The lowest BCUT2D eigenvalue weighted by Gasteiger charge is -2.36. The molecule has 1 N–H and O–H groups in total. The van der Waals surface area contributed by atoms with Crippen LogP contribution in [-0.2, 0) is 0 Å². The summed E-state index contributed by atoms with van der Waals surface area (Å²) in [5.41, 5.74) is 7.14. The number of nitrogens with one attached hydrogen (secondary N) is 1. The summed E-state index contributed by atoms with van der Waals surface area (Å²) in [6, 6.07) is 14.0. The highest BCUT2D eigenvalue weighted by Crippen LogP contribution is 2.26. The number of nitrogens with zero attached hydrogens (tertiary/aromatic N) is 3. The van der Waals surface area contributed by atoms with Gasteiger partial charge in [0.25, 0.3) is 5.91 Å². The van der Waals surface area contributed by atoms with Crippen LogP contribution in [0.3, 0.4) is 0 Å². The summed E-state index contributed by atoms with van der Waals surface area (Å²) in [6.07, 6.45) is 0. The van der Waals surface area contributed by atoms with Gasteiger partial charge in [-0.2, -0.15) is 5.10 Å². The Balaban J connectivity index is 1.44. The Bertz CT molecular complexity index is 1050. The predicted octanol–water partition coefficient (Wildman–Crippen LogP) is 4.62. The Morgan fingerprint density at radius 3 is 2.38 bits per heavy atom. The fourth-order valence-electron chi connectivity index (χ4n) is 3.72. The molecular formula is C23H25ClN4O. The lowest BCUT2D eigenvalue weighted by atomic mass is 10.0. The molecule has 3 aromatic rings. The molecule has 29 heavy (non-hydrogen) atoms. The fraction of sp³-hybridized carbons (Fsp3) is 0.304. The standard InChI is InChI=1S/C23H25ClN4O/c1-15-4-6-18(12-17(15)3)20-14-21(26-25-20)23(29)28-10-8-27(9-11-28)22-13-19(24)7-5-16(22)2/h4-7,12-14H,8-11H2,1-3H3,(H,25,26). The number of anilines is 1. The Kier molecular flexibility index (Phi) is 5.33. The van der Waals surface area contributed by atoms with Crippen LogP contribution in [0.25, 0.3) is 11.3 Å². The van der Waals surface area contributed by atoms with E-state index < -0.39 is 0 Å². The number of H-pyrrole nitrogens is 1. The van der Waals surface area contributed by atoms with Crippen LogP contribution in [0.2, 0.25) is 5.02 Å². The van der Waals surface area contributed by atoms with Crippen LogP contribution in [0.4, 0.5) is 5.69 Å². The van der Waals surface area contributed by atoms with Gasteiger partial charge in [0.05, 0.1) is 5.69 Å². The monoisotopic (exact) mass is 408 g/mol. The van der Waals surface area contributed by atoms with Gasteiger partial charge in [0.15, 0.2) is 0 Å². The molecule has 5 nitrogen and oxygen atoms in total. The number of piperazine rings is 1. The van der Waals surface area contributed by atoms with Crippen LogP contribution in [0.15, 0.2) is 42.5 Å². The molecule has 0 bridgehead atoms. The van der Waals surface area contributed by atoms with Gasteiger partial charge in [-0.1, -0.05) is 29.8 Å². The number of halogens is 1. The summed E-state index contributed by atoms with van der Waals surface area (Å²) in [6.45, 7) is 9.16. The van der Waals surface area contributed by atoms with Crippen LogP contribution in [0.1, 0.15) is 27.2 Å². The number of rotatable bonds is 3. The number of benzene rings is 2.